The molecule has 0 aliphatic heterocycles. The second-order valence-electron chi connectivity index (χ2n) is 8.39. The van der Waals surface area contributed by atoms with E-state index in [4.69, 9.17) is 4.98 Å². The summed E-state index contributed by atoms with van der Waals surface area (Å²) in [7, 11) is 0. The fourth-order valence-electron chi connectivity index (χ4n) is 4.24. The Balaban J connectivity index is 1.44. The van der Waals surface area contributed by atoms with E-state index in [2.05, 4.69) is 48.4 Å². The number of aromatic hydroxyl groups is 1. The monoisotopic (exact) mass is 480 g/mol. The number of nitrogens with zero attached hydrogens (tertiary/aromatic N) is 5. The number of hydrogen-bond acceptors (Lipinski definition) is 7. The highest BCUT2D eigenvalue weighted by Crippen LogP contribution is 2.33. The van der Waals surface area contributed by atoms with Gasteiger partial charge in [-0.25, -0.2) is 19.3 Å². The van der Waals surface area contributed by atoms with E-state index in [0.29, 0.717) is 39.5 Å². The highest BCUT2D eigenvalue weighted by atomic mass is 19.1. The van der Waals surface area contributed by atoms with E-state index < -0.39 is 5.82 Å². The van der Waals surface area contributed by atoms with Crippen molar-refractivity contribution in [2.24, 2.45) is 0 Å². The molecule has 0 spiro atoms. The van der Waals surface area contributed by atoms with E-state index in [9.17, 15) is 9.50 Å². The second-order valence-corrected chi connectivity index (χ2v) is 8.39. The first kappa shape index (κ1) is 21.8. The van der Waals surface area contributed by atoms with E-state index in [1.165, 1.54) is 12.1 Å². The number of aromatic amines is 2. The molecule has 6 rings (SSSR count). The predicted molar refractivity (Wildman–Crippen MR) is 134 cm³/mol. The molecule has 0 aliphatic carbocycles. The van der Waals surface area contributed by atoms with E-state index in [0.717, 1.165) is 41.2 Å². The topological polar surface area (TPSA) is 128 Å². The molecule has 0 saturated carbocycles. The van der Waals surface area contributed by atoms with E-state index in [1.807, 2.05) is 18.5 Å². The van der Waals surface area contributed by atoms with Crippen molar-refractivity contribution < 1.29 is 9.50 Å². The highest BCUT2D eigenvalue weighted by Gasteiger charge is 2.17. The summed E-state index contributed by atoms with van der Waals surface area (Å²) in [6.07, 6.45) is 7.05. The molecule has 0 bridgehead atoms. The maximum absolute atomic E-state index is 13.9. The minimum absolute atomic E-state index is 0.161. The third kappa shape index (κ3) is 3.93. The Labute approximate surface area is 204 Å². The molecule has 36 heavy (non-hydrogen) atoms. The maximum Gasteiger partial charge on any atom is 0.161 e. The Morgan fingerprint density at radius 2 is 1.86 bits per heavy atom. The molecule has 4 N–H and O–H groups in total. The molecule has 0 fully saturated rings. The molecule has 6 aromatic rings. The third-order valence-corrected chi connectivity index (χ3v) is 5.93. The van der Waals surface area contributed by atoms with Gasteiger partial charge in [0.25, 0.3) is 0 Å². The Kier molecular flexibility index (Phi) is 5.34. The molecule has 0 saturated heterocycles. The van der Waals surface area contributed by atoms with Crippen LogP contribution >= 0.6 is 0 Å². The highest BCUT2D eigenvalue weighted by molar-refractivity contribution is 5.96. The molecule has 0 radical (unpaired) electrons. The van der Waals surface area contributed by atoms with Crippen molar-refractivity contribution in [2.75, 3.05) is 6.54 Å². The molecular formula is C26H21FN8O. The summed E-state index contributed by atoms with van der Waals surface area (Å²) in [4.78, 5) is 21.3. The van der Waals surface area contributed by atoms with Gasteiger partial charge in [0.05, 0.1) is 5.39 Å². The van der Waals surface area contributed by atoms with Gasteiger partial charge < -0.3 is 15.4 Å². The van der Waals surface area contributed by atoms with Gasteiger partial charge in [0.15, 0.2) is 17.1 Å². The summed E-state index contributed by atoms with van der Waals surface area (Å²) in [5, 5.41) is 21.4. The number of hydrogen-bond donors (Lipinski definition) is 4. The molecule has 0 unspecified atom stereocenters. The molecule has 1 aromatic carbocycles. The Morgan fingerprint density at radius 3 is 2.72 bits per heavy atom. The fraction of sp³-hybridized carbons (Fsp3) is 0.115. The zero-order valence-corrected chi connectivity index (χ0v) is 19.2. The standard InChI is InChI=1S/C26H21FN8O/c1-2-28-10-14-5-16(12-29-11-14)17-8-21-23(34-35-24(21)31-13-17)26-32-22-20(3-4-30-25(22)33-26)15-6-18(27)9-19(36)7-15/h3-9,11-13,28,36H,2,10H2,1H3,(H,30,32,33)(H,31,34,35). The van der Waals surface area contributed by atoms with Gasteiger partial charge in [0.1, 0.15) is 22.8 Å². The van der Waals surface area contributed by atoms with Gasteiger partial charge in [-0.05, 0) is 48.0 Å². The molecule has 0 aliphatic rings. The number of halogens is 1. The first-order valence-electron chi connectivity index (χ1n) is 11.4. The van der Waals surface area contributed by atoms with E-state index >= 15 is 0 Å². The van der Waals surface area contributed by atoms with Crippen LogP contribution in [0.5, 0.6) is 5.75 Å². The lowest BCUT2D eigenvalue weighted by Gasteiger charge is -2.05. The molecule has 10 heteroatoms. The number of imidazole rings is 1. The van der Waals surface area contributed by atoms with Gasteiger partial charge in [-0.1, -0.05) is 6.92 Å². The Hall–Kier alpha value is -4.70. The average molecular weight is 481 g/mol. The zero-order valence-electron chi connectivity index (χ0n) is 19.2. The van der Waals surface area contributed by atoms with Gasteiger partial charge in [-0.2, -0.15) is 5.10 Å². The number of H-pyrrole nitrogens is 2. The van der Waals surface area contributed by atoms with Crippen molar-refractivity contribution in [3.05, 3.63) is 72.6 Å². The summed E-state index contributed by atoms with van der Waals surface area (Å²) in [6, 6.07) is 9.72. The minimum atomic E-state index is -0.536. The normalized spacial score (nSPS) is 11.5. The molecule has 0 amide bonds. The van der Waals surface area contributed by atoms with Crippen LogP contribution in [0.1, 0.15) is 12.5 Å². The van der Waals surface area contributed by atoms with Crippen molar-refractivity contribution in [2.45, 2.75) is 13.5 Å². The van der Waals surface area contributed by atoms with Crippen molar-refractivity contribution in [3.63, 3.8) is 0 Å². The lowest BCUT2D eigenvalue weighted by molar-refractivity contribution is 0.469. The van der Waals surface area contributed by atoms with Gasteiger partial charge in [0, 0.05) is 54.1 Å². The first-order valence-corrected chi connectivity index (χ1v) is 11.4. The van der Waals surface area contributed by atoms with Crippen LogP contribution in [0, 0.1) is 5.82 Å². The summed E-state index contributed by atoms with van der Waals surface area (Å²) in [6.45, 7) is 3.68. The average Bonchev–Trinajstić information content (AvgIpc) is 3.50. The largest absolute Gasteiger partial charge is 0.508 e. The van der Waals surface area contributed by atoms with Crippen LogP contribution in [0.25, 0.3) is 56.0 Å². The second kappa shape index (κ2) is 8.82. The summed E-state index contributed by atoms with van der Waals surface area (Å²) >= 11 is 0. The number of phenols is 1. The molecule has 0 atom stereocenters. The maximum atomic E-state index is 13.9. The van der Waals surface area contributed by atoms with Gasteiger partial charge in [0.2, 0.25) is 0 Å². The van der Waals surface area contributed by atoms with Crippen LogP contribution in [0.3, 0.4) is 0 Å². The quantitative estimate of drug-likeness (QED) is 0.275. The Bertz CT molecular complexity index is 1700. The fourth-order valence-corrected chi connectivity index (χ4v) is 4.24. The lowest BCUT2D eigenvalue weighted by atomic mass is 10.1. The minimum Gasteiger partial charge on any atom is -0.508 e. The molecular weight excluding hydrogens is 459 g/mol. The van der Waals surface area contributed by atoms with Crippen LogP contribution in [0.2, 0.25) is 0 Å². The van der Waals surface area contributed by atoms with Crippen molar-refractivity contribution in [1.29, 1.82) is 0 Å². The summed E-state index contributed by atoms with van der Waals surface area (Å²) < 4.78 is 13.9. The third-order valence-electron chi connectivity index (χ3n) is 5.93. The zero-order chi connectivity index (χ0) is 24.6. The van der Waals surface area contributed by atoms with Gasteiger partial charge in [-0.3, -0.25) is 10.1 Å². The van der Waals surface area contributed by atoms with Crippen LogP contribution in [0.15, 0.2) is 61.2 Å². The SMILES string of the molecule is CCNCc1cncc(-c2cnc3[nH]nc(-c4nc5c(-c6cc(O)cc(F)c6)ccnc5[nH]4)c3c2)c1. The number of benzene rings is 1. The first-order chi connectivity index (χ1) is 17.6. The number of nitrogens with one attached hydrogen (secondary N) is 3. The van der Waals surface area contributed by atoms with Crippen LogP contribution in [-0.4, -0.2) is 46.8 Å². The molecule has 178 valence electrons. The number of pyridine rings is 3. The van der Waals surface area contributed by atoms with Crippen LogP contribution in [-0.2, 0) is 6.54 Å². The van der Waals surface area contributed by atoms with Crippen molar-refractivity contribution in [3.8, 4) is 39.5 Å². The molecule has 5 heterocycles. The van der Waals surface area contributed by atoms with Crippen molar-refractivity contribution in [1.82, 2.24) is 40.4 Å². The summed E-state index contributed by atoms with van der Waals surface area (Å²) in [5.41, 5.74) is 6.34. The Morgan fingerprint density at radius 1 is 0.972 bits per heavy atom. The van der Waals surface area contributed by atoms with E-state index in [-0.39, 0.29) is 5.75 Å². The number of rotatable bonds is 6. The number of fused-ring (bicyclic) bond motifs is 2. The van der Waals surface area contributed by atoms with Gasteiger partial charge >= 0.3 is 0 Å². The van der Waals surface area contributed by atoms with Crippen LogP contribution in [0.4, 0.5) is 4.39 Å². The lowest BCUT2D eigenvalue weighted by Crippen LogP contribution is -2.11. The molecule has 5 aromatic heterocycles. The summed E-state index contributed by atoms with van der Waals surface area (Å²) in [5.74, 6) is -0.201. The predicted octanol–water partition coefficient (Wildman–Crippen LogP) is 4.58. The smallest absolute Gasteiger partial charge is 0.161 e. The van der Waals surface area contributed by atoms with Crippen molar-refractivity contribution >= 4 is 22.2 Å². The number of aromatic nitrogens is 7. The van der Waals surface area contributed by atoms with Crippen LogP contribution < -0.4 is 5.32 Å². The number of phenolic OH excluding ortho intramolecular Hbond substituents is 1. The van der Waals surface area contributed by atoms with E-state index in [1.54, 1.807) is 18.5 Å². The molecule has 9 nitrogen and oxygen atoms in total. The van der Waals surface area contributed by atoms with Gasteiger partial charge in [-0.15, -0.1) is 0 Å².